The molecule has 2 saturated heterocycles. The lowest BCUT2D eigenvalue weighted by Crippen LogP contribution is -2.43. The quantitative estimate of drug-likeness (QED) is 0.183. The number of pyridine rings is 1. The number of hydrogen-bond donors (Lipinski definition) is 2. The number of aromatic hydroxyl groups is 1. The van der Waals surface area contributed by atoms with Crippen molar-refractivity contribution in [3.05, 3.63) is 47.2 Å². The molecule has 0 aliphatic carbocycles. The molecule has 0 radical (unpaired) electrons. The first-order valence-corrected chi connectivity index (χ1v) is 17.4. The van der Waals surface area contributed by atoms with E-state index in [9.17, 15) is 9.50 Å². The number of nitrogens with one attached hydrogen (secondary N) is 1. The van der Waals surface area contributed by atoms with E-state index in [1.165, 1.54) is 24.3 Å². The van der Waals surface area contributed by atoms with Crippen molar-refractivity contribution in [3.63, 3.8) is 0 Å². The van der Waals surface area contributed by atoms with E-state index < -0.39 is 23.3 Å². The first-order chi connectivity index (χ1) is 23.7. The van der Waals surface area contributed by atoms with Crippen molar-refractivity contribution in [1.82, 2.24) is 25.2 Å². The fraction of sp³-hybridized carbons (Fsp3) is 0.474. The van der Waals surface area contributed by atoms with Crippen molar-refractivity contribution in [2.24, 2.45) is 0 Å². The number of alkyl halides is 1. The molecule has 0 amide bonds. The predicted octanol–water partition coefficient (Wildman–Crippen LogP) is 6.59. The molecule has 0 saturated carbocycles. The average molecular weight is 672 g/mol. The second-order valence-electron chi connectivity index (χ2n) is 13.7. The minimum Gasteiger partial charge on any atom is -0.508 e. The summed E-state index contributed by atoms with van der Waals surface area (Å²) in [6.45, 7) is 8.93. The first-order valence-electron chi connectivity index (χ1n) is 17.4. The molecular formula is C38H42F3N6O2+. The number of rotatable bonds is 5. The van der Waals surface area contributed by atoms with Gasteiger partial charge in [-0.2, -0.15) is 4.98 Å². The fourth-order valence-electron chi connectivity index (χ4n) is 8.08. The molecule has 4 aromatic rings. The highest BCUT2D eigenvalue weighted by Crippen LogP contribution is 2.42. The van der Waals surface area contributed by atoms with E-state index in [-0.39, 0.29) is 46.1 Å². The Hall–Kier alpha value is -4.27. The Morgan fingerprint density at radius 1 is 1.16 bits per heavy atom. The summed E-state index contributed by atoms with van der Waals surface area (Å²) >= 11 is 0. The van der Waals surface area contributed by atoms with Gasteiger partial charge in [0, 0.05) is 41.5 Å². The van der Waals surface area contributed by atoms with Crippen molar-refractivity contribution >= 4 is 34.2 Å². The molecule has 5 heterocycles. The number of hydrogen-bond acceptors (Lipinski definition) is 7. The number of aromatic nitrogens is 3. The average Bonchev–Trinajstić information content (AvgIpc) is 3.62. The van der Waals surface area contributed by atoms with Crippen molar-refractivity contribution in [3.8, 4) is 35.4 Å². The van der Waals surface area contributed by atoms with E-state index in [0.29, 0.717) is 60.8 Å². The third-order valence-electron chi connectivity index (χ3n) is 10.6. The number of halogens is 3. The molecule has 2 aromatic heterocycles. The van der Waals surface area contributed by atoms with Crippen LogP contribution in [0.3, 0.4) is 0 Å². The molecule has 2 fully saturated rings. The summed E-state index contributed by atoms with van der Waals surface area (Å²) in [5.41, 5.74) is 0.0861. The first kappa shape index (κ1) is 33.2. The molecule has 3 atom stereocenters. The zero-order chi connectivity index (χ0) is 34.3. The fourth-order valence-corrected chi connectivity index (χ4v) is 8.08. The maximum atomic E-state index is 17.2. The normalized spacial score (nSPS) is 23.5. The zero-order valence-electron chi connectivity index (χ0n) is 27.9. The van der Waals surface area contributed by atoms with E-state index in [1.807, 2.05) is 0 Å². The predicted molar refractivity (Wildman–Crippen MR) is 184 cm³/mol. The second-order valence-corrected chi connectivity index (χ2v) is 13.7. The Bertz CT molecular complexity index is 1980. The summed E-state index contributed by atoms with van der Waals surface area (Å²) in [5.74, 6) is 1.23. The van der Waals surface area contributed by atoms with E-state index >= 15 is 8.78 Å². The van der Waals surface area contributed by atoms with Crippen molar-refractivity contribution in [2.45, 2.75) is 82.5 Å². The molecule has 7 rings (SSSR count). The smallest absolute Gasteiger partial charge is 0.434 e. The number of ether oxygens (including phenoxy) is 1. The summed E-state index contributed by atoms with van der Waals surface area (Å²) in [4.78, 5) is 16.5. The highest BCUT2D eigenvalue weighted by molar-refractivity contribution is 6.03. The monoisotopic (exact) mass is 671 g/mol. The van der Waals surface area contributed by atoms with Gasteiger partial charge in [-0.05, 0) is 68.7 Å². The molecule has 0 unspecified atom stereocenters. The van der Waals surface area contributed by atoms with Gasteiger partial charge >= 0.3 is 11.8 Å². The SMILES string of the molecule is C#Cc1c(F)ccc2cc(O)cc(-c3nc4c5c(nc(OC[C@@]67CCCN6C[C@H](F)C7)nc5c3F)[N+](=C)CCN[C@@H](CC)CCCCC4)c12. The van der Waals surface area contributed by atoms with Crippen LogP contribution in [0.2, 0.25) is 0 Å². The van der Waals surface area contributed by atoms with Gasteiger partial charge in [-0.1, -0.05) is 31.8 Å². The molecule has 2 N–H and O–H groups in total. The number of benzene rings is 2. The molecule has 2 aromatic carbocycles. The van der Waals surface area contributed by atoms with Crippen molar-refractivity contribution < 1.29 is 27.6 Å². The number of aryl methyl sites for hydroxylation is 1. The Labute approximate surface area is 284 Å². The van der Waals surface area contributed by atoms with Gasteiger partial charge in [0.15, 0.2) is 5.82 Å². The summed E-state index contributed by atoms with van der Waals surface area (Å²) in [7, 11) is 0. The third kappa shape index (κ3) is 6.21. The Morgan fingerprint density at radius 3 is 2.84 bits per heavy atom. The van der Waals surface area contributed by atoms with Gasteiger partial charge in [0.1, 0.15) is 47.5 Å². The van der Waals surface area contributed by atoms with Gasteiger partial charge in [-0.25, -0.2) is 22.7 Å². The minimum atomic E-state index is -0.933. The Kier molecular flexibility index (Phi) is 9.20. The van der Waals surface area contributed by atoms with Crippen LogP contribution in [-0.4, -0.2) is 86.8 Å². The van der Waals surface area contributed by atoms with Gasteiger partial charge in [-0.15, -0.1) is 6.42 Å². The number of phenolic OH excluding ortho intramolecular Hbond substituents is 1. The molecule has 3 aliphatic rings. The minimum absolute atomic E-state index is 0.0198. The van der Waals surface area contributed by atoms with Crippen LogP contribution in [0.5, 0.6) is 11.8 Å². The number of terminal acetylenes is 1. The van der Waals surface area contributed by atoms with Gasteiger partial charge in [-0.3, -0.25) is 4.90 Å². The van der Waals surface area contributed by atoms with Crippen LogP contribution in [0.4, 0.5) is 19.0 Å². The zero-order valence-corrected chi connectivity index (χ0v) is 27.9. The highest BCUT2D eigenvalue weighted by Gasteiger charge is 2.49. The van der Waals surface area contributed by atoms with Crippen molar-refractivity contribution in [1.29, 1.82) is 0 Å². The number of fused-ring (bicyclic) bond motifs is 2. The molecule has 0 bridgehead atoms. The maximum absolute atomic E-state index is 17.2. The molecule has 256 valence electrons. The van der Waals surface area contributed by atoms with Crippen LogP contribution in [0.1, 0.15) is 69.5 Å². The summed E-state index contributed by atoms with van der Waals surface area (Å²) in [5, 5.41) is 15.5. The van der Waals surface area contributed by atoms with Crippen molar-refractivity contribution in [2.75, 3.05) is 32.8 Å². The molecule has 11 heteroatoms. The van der Waals surface area contributed by atoms with E-state index in [2.05, 4.69) is 34.8 Å². The maximum Gasteiger partial charge on any atom is 0.434 e. The lowest BCUT2D eigenvalue weighted by atomic mass is 9.95. The van der Waals surface area contributed by atoms with Gasteiger partial charge < -0.3 is 15.2 Å². The largest absolute Gasteiger partial charge is 0.508 e. The summed E-state index contributed by atoms with van der Waals surface area (Å²) < 4.78 is 54.8. The van der Waals surface area contributed by atoms with E-state index in [4.69, 9.17) is 21.1 Å². The molecule has 3 aliphatic heterocycles. The van der Waals surface area contributed by atoms with Gasteiger partial charge in [0.05, 0.1) is 23.5 Å². The summed E-state index contributed by atoms with van der Waals surface area (Å²) in [6.07, 6.45) is 12.2. The Balaban J connectivity index is 1.42. The Morgan fingerprint density at radius 2 is 2.02 bits per heavy atom. The summed E-state index contributed by atoms with van der Waals surface area (Å²) in [6, 6.07) is 5.87. The van der Waals surface area contributed by atoms with E-state index in [1.54, 1.807) is 4.58 Å². The van der Waals surface area contributed by atoms with Crippen LogP contribution < -0.4 is 10.1 Å². The van der Waals surface area contributed by atoms with Crippen LogP contribution in [0, 0.1) is 24.0 Å². The third-order valence-corrected chi connectivity index (χ3v) is 10.6. The van der Waals surface area contributed by atoms with E-state index in [0.717, 1.165) is 51.5 Å². The van der Waals surface area contributed by atoms with Crippen LogP contribution in [0.15, 0.2) is 24.3 Å². The molecule has 0 spiro atoms. The topological polar surface area (TPSA) is 86.4 Å². The van der Waals surface area contributed by atoms with Gasteiger partial charge in [0.25, 0.3) is 0 Å². The molecule has 8 nitrogen and oxygen atoms in total. The standard InChI is InChI=1S/C38H41F3N6O2/c1-4-25-10-7-6-8-11-30-32-35(33(41)34(43-30)28-19-26(48)18-23-12-13-29(40)27(5-2)31(23)28)44-37(45-36(32)46(3)17-15-42-25)49-22-38-14-9-16-47(38)21-24(39)20-38/h2,12-13,18-19,24-25,42H,3-4,6-11,14-17,20-22H2,1H3/p+1/t24-,25+,38+/m1/s1. The number of phenols is 1. The molecular weight excluding hydrogens is 629 g/mol. The lowest BCUT2D eigenvalue weighted by molar-refractivity contribution is -0.431. The van der Waals surface area contributed by atoms with Crippen LogP contribution in [0.25, 0.3) is 32.9 Å². The highest BCUT2D eigenvalue weighted by atomic mass is 19.1. The molecule has 49 heavy (non-hydrogen) atoms. The lowest BCUT2D eigenvalue weighted by Gasteiger charge is -2.30. The number of nitrogens with zero attached hydrogens (tertiary/aromatic N) is 5. The van der Waals surface area contributed by atoms with Gasteiger partial charge in [0.2, 0.25) is 0 Å². The second kappa shape index (κ2) is 13.6. The van der Waals surface area contributed by atoms with Crippen LogP contribution >= 0.6 is 0 Å². The van der Waals surface area contributed by atoms with Crippen LogP contribution in [-0.2, 0) is 6.42 Å².